The highest BCUT2D eigenvalue weighted by Gasteiger charge is 2.38. The third-order valence-electron chi connectivity index (χ3n) is 5.40. The molecule has 0 saturated carbocycles. The van der Waals surface area contributed by atoms with Crippen LogP contribution in [0.15, 0.2) is 72.8 Å². The molecule has 0 radical (unpaired) electrons. The molecule has 0 aliphatic rings. The van der Waals surface area contributed by atoms with E-state index < -0.39 is 18.2 Å². The largest absolute Gasteiger partial charge is 0.490 e. The zero-order chi connectivity index (χ0) is 29.9. The lowest BCUT2D eigenvalue weighted by Gasteiger charge is -2.19. The van der Waals surface area contributed by atoms with Crippen molar-refractivity contribution in [2.75, 3.05) is 6.54 Å². The van der Waals surface area contributed by atoms with Gasteiger partial charge in [-0.25, -0.2) is 4.79 Å². The van der Waals surface area contributed by atoms with Crippen LogP contribution in [0.1, 0.15) is 34.0 Å². The molecule has 40 heavy (non-hydrogen) atoms. The Labute approximate surface area is 227 Å². The molecule has 0 saturated heterocycles. The fraction of sp³-hybridized carbons (Fsp3) is 0.179. The third-order valence-corrected chi connectivity index (χ3v) is 5.40. The van der Waals surface area contributed by atoms with Crippen LogP contribution in [-0.2, 0) is 16.0 Å². The van der Waals surface area contributed by atoms with Gasteiger partial charge in [0.05, 0.1) is 11.6 Å². The number of halogens is 3. The average molecular weight is 554 g/mol. The number of amidine groups is 1. The maximum absolute atomic E-state index is 12.9. The molecule has 9 nitrogen and oxygen atoms in total. The highest BCUT2D eigenvalue weighted by Crippen LogP contribution is 2.23. The molecule has 208 valence electrons. The maximum Gasteiger partial charge on any atom is 0.490 e. The quantitative estimate of drug-likeness (QED) is 0.211. The SMILES string of the molecule is CCNC(=O)[C@H](Cc1cccc(C(=N)N)c1)NC(=O)c1ccc(-c2ccccc2C#N)cc1.O=C(O)C(F)(F)F. The van der Waals surface area contributed by atoms with Crippen LogP contribution in [0.25, 0.3) is 11.1 Å². The van der Waals surface area contributed by atoms with Crippen LogP contribution in [0.4, 0.5) is 13.2 Å². The Morgan fingerprint density at radius 1 is 1.02 bits per heavy atom. The van der Waals surface area contributed by atoms with Crippen molar-refractivity contribution in [2.45, 2.75) is 25.6 Å². The number of hydrogen-bond donors (Lipinski definition) is 5. The number of aliphatic carboxylic acids is 1. The number of hydrogen-bond acceptors (Lipinski definition) is 5. The summed E-state index contributed by atoms with van der Waals surface area (Å²) in [7, 11) is 0. The van der Waals surface area contributed by atoms with Crippen LogP contribution in [0, 0.1) is 16.7 Å². The normalized spacial score (nSPS) is 11.2. The van der Waals surface area contributed by atoms with Crippen molar-refractivity contribution in [3.63, 3.8) is 0 Å². The van der Waals surface area contributed by atoms with Gasteiger partial charge in [-0.05, 0) is 47.9 Å². The second-order valence-electron chi connectivity index (χ2n) is 8.28. The first kappa shape index (κ1) is 31.0. The van der Waals surface area contributed by atoms with E-state index in [-0.39, 0.29) is 24.1 Å². The number of nitriles is 1. The molecule has 0 fully saturated rings. The molecule has 3 aromatic carbocycles. The molecule has 0 aliphatic carbocycles. The first-order valence-electron chi connectivity index (χ1n) is 11.8. The summed E-state index contributed by atoms with van der Waals surface area (Å²) in [6, 6.07) is 22.6. The van der Waals surface area contributed by atoms with E-state index in [4.69, 9.17) is 21.0 Å². The highest BCUT2D eigenvalue weighted by atomic mass is 19.4. The second kappa shape index (κ2) is 14.1. The Morgan fingerprint density at radius 3 is 2.20 bits per heavy atom. The fourth-order valence-electron chi connectivity index (χ4n) is 3.48. The number of nitrogens with two attached hydrogens (primary N) is 1. The van der Waals surface area contributed by atoms with Crippen LogP contribution in [0.2, 0.25) is 0 Å². The lowest BCUT2D eigenvalue weighted by atomic mass is 9.99. The van der Waals surface area contributed by atoms with Gasteiger partial charge >= 0.3 is 12.1 Å². The number of carboxylic acid groups (broad SMARTS) is 1. The molecule has 12 heteroatoms. The number of carbonyl (C=O) groups excluding carboxylic acids is 2. The van der Waals surface area contributed by atoms with Gasteiger partial charge in [0.25, 0.3) is 5.91 Å². The molecule has 0 heterocycles. The topological polar surface area (TPSA) is 169 Å². The molecule has 3 aromatic rings. The number of carbonyl (C=O) groups is 3. The van der Waals surface area contributed by atoms with Crippen molar-refractivity contribution in [1.82, 2.24) is 10.6 Å². The van der Waals surface area contributed by atoms with Gasteiger partial charge in [-0.1, -0.05) is 48.5 Å². The van der Waals surface area contributed by atoms with Gasteiger partial charge < -0.3 is 21.5 Å². The standard InChI is InChI=1S/C26H25N5O2.C2HF3O2/c1-2-30-26(33)23(15-17-6-5-8-20(14-17)24(28)29)31-25(32)19-12-10-18(11-13-19)22-9-4-3-7-21(22)16-27;3-2(4,5)1(6)7/h3-14,23H,2,15H2,1H3,(H3,28,29)(H,30,33)(H,31,32);(H,6,7)/t23-;/m0./s1. The Balaban J connectivity index is 0.000000708. The summed E-state index contributed by atoms with van der Waals surface area (Å²) < 4.78 is 31.7. The van der Waals surface area contributed by atoms with Gasteiger partial charge in [0.1, 0.15) is 11.9 Å². The molecule has 0 spiro atoms. The fourth-order valence-corrected chi connectivity index (χ4v) is 3.48. The minimum Gasteiger partial charge on any atom is -0.475 e. The van der Waals surface area contributed by atoms with Crippen LogP contribution in [-0.4, -0.2) is 47.5 Å². The van der Waals surface area contributed by atoms with Crippen LogP contribution in [0.5, 0.6) is 0 Å². The Morgan fingerprint density at radius 2 is 1.65 bits per heavy atom. The molecule has 2 amide bonds. The predicted molar refractivity (Wildman–Crippen MR) is 141 cm³/mol. The van der Waals surface area contributed by atoms with Crippen LogP contribution < -0.4 is 16.4 Å². The van der Waals surface area contributed by atoms with Gasteiger partial charge in [0, 0.05) is 24.1 Å². The number of benzene rings is 3. The van der Waals surface area contributed by atoms with E-state index in [1.165, 1.54) is 0 Å². The van der Waals surface area contributed by atoms with Crippen LogP contribution >= 0.6 is 0 Å². The monoisotopic (exact) mass is 553 g/mol. The van der Waals surface area contributed by atoms with Gasteiger partial charge in [-0.3, -0.25) is 15.0 Å². The van der Waals surface area contributed by atoms with Crippen molar-refractivity contribution >= 4 is 23.6 Å². The van der Waals surface area contributed by atoms with Crippen molar-refractivity contribution in [3.8, 4) is 17.2 Å². The summed E-state index contributed by atoms with van der Waals surface area (Å²) in [4.78, 5) is 34.4. The number of amides is 2. The van der Waals surface area contributed by atoms with Gasteiger partial charge in [0.2, 0.25) is 5.91 Å². The molecule has 6 N–H and O–H groups in total. The summed E-state index contributed by atoms with van der Waals surface area (Å²) in [6.45, 7) is 2.25. The van der Waals surface area contributed by atoms with E-state index in [9.17, 15) is 28.0 Å². The van der Waals surface area contributed by atoms with E-state index in [1.54, 1.807) is 54.6 Å². The number of carboxylic acids is 1. The van der Waals surface area contributed by atoms with Crippen molar-refractivity contribution in [2.24, 2.45) is 5.73 Å². The second-order valence-corrected chi connectivity index (χ2v) is 8.28. The molecular weight excluding hydrogens is 527 g/mol. The molecule has 0 bridgehead atoms. The molecular formula is C28H26F3N5O4. The van der Waals surface area contributed by atoms with E-state index >= 15 is 0 Å². The maximum atomic E-state index is 12.9. The van der Waals surface area contributed by atoms with Gasteiger partial charge in [0.15, 0.2) is 0 Å². The minimum absolute atomic E-state index is 0.0616. The smallest absolute Gasteiger partial charge is 0.475 e. The zero-order valence-electron chi connectivity index (χ0n) is 21.3. The van der Waals surface area contributed by atoms with E-state index in [2.05, 4.69) is 16.7 Å². The molecule has 0 unspecified atom stereocenters. The Hall–Kier alpha value is -5.18. The minimum atomic E-state index is -5.08. The molecule has 1 atom stereocenters. The van der Waals surface area contributed by atoms with Gasteiger partial charge in [-0.2, -0.15) is 18.4 Å². The van der Waals surface area contributed by atoms with Crippen molar-refractivity contribution in [3.05, 3.63) is 95.1 Å². The Kier molecular flexibility index (Phi) is 10.9. The van der Waals surface area contributed by atoms with Crippen molar-refractivity contribution < 1.29 is 32.7 Å². The number of alkyl halides is 3. The summed E-state index contributed by atoms with van der Waals surface area (Å²) in [5.41, 5.74) is 9.47. The first-order chi connectivity index (χ1) is 18.9. The zero-order valence-corrected chi connectivity index (χ0v) is 21.3. The average Bonchev–Trinajstić information content (AvgIpc) is 2.92. The van der Waals surface area contributed by atoms with E-state index in [0.717, 1.165) is 16.7 Å². The summed E-state index contributed by atoms with van der Waals surface area (Å²) in [5.74, 6) is -3.49. The lowest BCUT2D eigenvalue weighted by Crippen LogP contribution is -2.48. The molecule has 0 aromatic heterocycles. The summed E-state index contributed by atoms with van der Waals surface area (Å²) in [6.07, 6.45) is -4.83. The third kappa shape index (κ3) is 8.98. The van der Waals surface area contributed by atoms with Gasteiger partial charge in [-0.15, -0.1) is 0 Å². The molecule has 3 rings (SSSR count). The van der Waals surface area contributed by atoms with E-state index in [0.29, 0.717) is 23.2 Å². The predicted octanol–water partition coefficient (Wildman–Crippen LogP) is 3.62. The number of nitrogens with zero attached hydrogens (tertiary/aromatic N) is 1. The number of nitrogen functional groups attached to an aromatic ring is 1. The molecule has 0 aliphatic heterocycles. The number of nitrogens with one attached hydrogen (secondary N) is 3. The van der Waals surface area contributed by atoms with E-state index in [1.807, 2.05) is 25.1 Å². The number of rotatable bonds is 8. The summed E-state index contributed by atoms with van der Waals surface area (Å²) in [5, 5.41) is 29.6. The lowest BCUT2D eigenvalue weighted by molar-refractivity contribution is -0.192. The van der Waals surface area contributed by atoms with Crippen molar-refractivity contribution in [1.29, 1.82) is 10.7 Å². The van der Waals surface area contributed by atoms with Crippen LogP contribution in [0.3, 0.4) is 0 Å². The highest BCUT2D eigenvalue weighted by molar-refractivity contribution is 5.98. The summed E-state index contributed by atoms with van der Waals surface area (Å²) >= 11 is 0. The first-order valence-corrected chi connectivity index (χ1v) is 11.8. The Bertz CT molecular complexity index is 1420. The number of likely N-dealkylation sites (N-methyl/N-ethyl adjacent to an activating group) is 1.